The number of allylic oxidation sites excluding steroid dienone is 6. The van der Waals surface area contributed by atoms with Crippen molar-refractivity contribution in [1.29, 1.82) is 0 Å². The molecule has 8 aromatic rings. The Labute approximate surface area is 470 Å². The Morgan fingerprint density at radius 1 is 0.557 bits per heavy atom. The van der Waals surface area contributed by atoms with E-state index in [0.717, 1.165) is 69.9 Å². The Balaban J connectivity index is 0.871. The summed E-state index contributed by atoms with van der Waals surface area (Å²) in [4.78, 5) is 16.8. The fourth-order valence-electron chi connectivity index (χ4n) is 20.0. The van der Waals surface area contributed by atoms with Gasteiger partial charge in [-0.1, -0.05) is 177 Å². The Morgan fingerprint density at radius 2 is 1.23 bits per heavy atom. The molecule has 5 aromatic carbocycles. The van der Waals surface area contributed by atoms with Crippen LogP contribution < -0.4 is 0 Å². The smallest absolute Gasteiger partial charge is 0.163 e. The molecule has 13 atom stereocenters. The summed E-state index contributed by atoms with van der Waals surface area (Å²) < 4.78 is 5.14. The average molecular weight is 1040 g/mol. The molecule has 0 spiro atoms. The zero-order valence-corrected chi connectivity index (χ0v) is 48.7. The van der Waals surface area contributed by atoms with Crippen LogP contribution in [0.1, 0.15) is 145 Å². The van der Waals surface area contributed by atoms with Gasteiger partial charge in [-0.15, -0.1) is 0 Å². The van der Waals surface area contributed by atoms with Crippen molar-refractivity contribution in [3.8, 4) is 28.5 Å². The van der Waals surface area contributed by atoms with Crippen molar-refractivity contribution in [3.05, 3.63) is 150 Å². The first-order chi connectivity index (χ1) is 38.2. The quantitative estimate of drug-likeness (QED) is 0.149. The number of hydrogen-bond donors (Lipinski definition) is 0. The highest BCUT2D eigenvalue weighted by Crippen LogP contribution is 2.70. The summed E-state index contributed by atoms with van der Waals surface area (Å²) in [6.45, 7) is 23.2. The standard InChI is InChI=1S/C74H83N5/c1-44(2)19-17-20-45(3)58-31-32-59-55-30-29-50-41-51(33-35-71(50,6)60(55)34-36-73(58,59)8)72(7)37-38-74(9)67-47(5)63(39-46(4)66(67)72)79-62-28-16-14-26-54(62)57-42-56-53-25-13-15-27-61(53)78(64(56)43-65(57)79)52-24-18-23-49(40-52)69-75-68(76-70(74)77-69)48-21-11-10-12-22-48/h10-16,18,21-28,37-40,42-47,50-51,55,58-60H,17,19-20,29-36,41H2,1-9H3/t45-,46?,47?,50?,51?,55?,58?,59?,60?,71?,72?,73?,74?/m1/s1. The monoisotopic (exact) mass is 1040 g/mol. The number of rotatable bonds is 7. The SMILES string of the molecule is CC(C)CCC[C@@H](C)C1CCC2C3CCC4CC(C5(C)C=CC6(C)C7=C5C(C)C=C(C7C)n5c7ccccc7c7cc8c9ccccc9n(c8cc75)-c5cccc(c5)-c5nc(-c7ccccc7)nc6n5)CCC4(C)C3CCC21C. The summed E-state index contributed by atoms with van der Waals surface area (Å²) >= 11 is 0. The third-order valence-corrected chi connectivity index (χ3v) is 23.9. The predicted octanol–water partition coefficient (Wildman–Crippen LogP) is 19.4. The minimum Gasteiger partial charge on any atom is -0.313 e. The first-order valence-electron chi connectivity index (χ1n) is 31.2. The molecule has 5 nitrogen and oxygen atoms in total. The number of aromatic nitrogens is 5. The molecule has 5 heteroatoms. The minimum absolute atomic E-state index is 0.0570. The molecule has 0 radical (unpaired) electrons. The van der Waals surface area contributed by atoms with E-state index < -0.39 is 5.41 Å². The van der Waals surface area contributed by atoms with Crippen LogP contribution in [-0.4, -0.2) is 24.1 Å². The lowest BCUT2D eigenvalue weighted by Gasteiger charge is -2.63. The van der Waals surface area contributed by atoms with Crippen LogP contribution in [0, 0.1) is 75.4 Å². The molecule has 0 N–H and O–H groups in total. The van der Waals surface area contributed by atoms with Gasteiger partial charge >= 0.3 is 0 Å². The second-order valence-corrected chi connectivity index (χ2v) is 28.2. The lowest BCUT2D eigenvalue weighted by Crippen LogP contribution is -2.55. The van der Waals surface area contributed by atoms with Gasteiger partial charge in [0.25, 0.3) is 0 Å². The van der Waals surface area contributed by atoms with E-state index in [-0.39, 0.29) is 17.3 Å². The van der Waals surface area contributed by atoms with Crippen molar-refractivity contribution in [3.63, 3.8) is 0 Å². The van der Waals surface area contributed by atoms with E-state index >= 15 is 0 Å². The van der Waals surface area contributed by atoms with Crippen LogP contribution in [-0.2, 0) is 5.41 Å². The third kappa shape index (κ3) is 7.21. The number of fused-ring (bicyclic) bond motifs is 20. The summed E-state index contributed by atoms with van der Waals surface area (Å²) in [7, 11) is 0. The van der Waals surface area contributed by atoms with Gasteiger partial charge in [-0.3, -0.25) is 0 Å². The van der Waals surface area contributed by atoms with Gasteiger partial charge in [0.15, 0.2) is 11.6 Å². The predicted molar refractivity (Wildman–Crippen MR) is 329 cm³/mol. The zero-order chi connectivity index (χ0) is 53.9. The summed E-state index contributed by atoms with van der Waals surface area (Å²) in [5, 5.41) is 5.12. The van der Waals surface area contributed by atoms with E-state index in [9.17, 15) is 0 Å². The van der Waals surface area contributed by atoms with Crippen molar-refractivity contribution >= 4 is 49.3 Å². The average Bonchev–Trinajstić information content (AvgIpc) is 4.34. The normalized spacial score (nSPS) is 33.1. The Hall–Kier alpha value is -6.07. The van der Waals surface area contributed by atoms with Crippen molar-refractivity contribution in [2.24, 2.45) is 75.4 Å². The number of para-hydroxylation sites is 2. The van der Waals surface area contributed by atoms with Crippen molar-refractivity contribution in [2.45, 2.75) is 145 Å². The van der Waals surface area contributed by atoms with Crippen LogP contribution >= 0.6 is 0 Å². The molecule has 12 unspecified atom stereocenters. The van der Waals surface area contributed by atoms with Gasteiger partial charge in [-0.25, -0.2) is 15.0 Å². The van der Waals surface area contributed by atoms with Gasteiger partial charge in [0.1, 0.15) is 5.82 Å². The molecule has 6 aliphatic carbocycles. The Bertz CT molecular complexity index is 3870. The van der Waals surface area contributed by atoms with E-state index in [4.69, 9.17) is 15.0 Å². The highest BCUT2D eigenvalue weighted by molar-refractivity contribution is 6.19. The largest absolute Gasteiger partial charge is 0.313 e. The molecule has 0 amide bonds. The van der Waals surface area contributed by atoms with Gasteiger partial charge in [0.05, 0.1) is 27.5 Å². The Kier molecular flexibility index (Phi) is 11.4. The van der Waals surface area contributed by atoms with Crippen molar-refractivity contribution in [2.75, 3.05) is 0 Å². The second kappa shape index (κ2) is 18.0. The molecule has 15 rings (SSSR count). The highest BCUT2D eigenvalue weighted by Gasteiger charge is 2.62. The molecule has 0 saturated heterocycles. The van der Waals surface area contributed by atoms with Crippen LogP contribution in [0.15, 0.2) is 145 Å². The first kappa shape index (κ1) is 49.9. The van der Waals surface area contributed by atoms with Crippen LogP contribution in [0.4, 0.5) is 0 Å². The lowest BCUT2D eigenvalue weighted by atomic mass is 9.42. The summed E-state index contributed by atoms with van der Waals surface area (Å²) in [6.07, 6.45) is 24.9. The zero-order valence-electron chi connectivity index (χ0n) is 48.7. The molecule has 404 valence electrons. The fourth-order valence-corrected chi connectivity index (χ4v) is 20.0. The summed E-state index contributed by atoms with van der Waals surface area (Å²) in [5.74, 6) is 9.12. The molecule has 7 aliphatic rings. The van der Waals surface area contributed by atoms with Crippen molar-refractivity contribution in [1.82, 2.24) is 24.1 Å². The summed E-state index contributed by atoms with van der Waals surface area (Å²) in [5.41, 5.74) is 12.7. The first-order valence-corrected chi connectivity index (χ1v) is 31.2. The van der Waals surface area contributed by atoms with Gasteiger partial charge in [-0.2, -0.15) is 0 Å². The molecular formula is C74H83N5. The minimum atomic E-state index is -0.615. The molecule has 1 aliphatic heterocycles. The summed E-state index contributed by atoms with van der Waals surface area (Å²) in [6, 6.07) is 42.7. The maximum Gasteiger partial charge on any atom is 0.163 e. The lowest BCUT2D eigenvalue weighted by molar-refractivity contribution is -0.126. The molecule has 4 fully saturated rings. The van der Waals surface area contributed by atoms with Gasteiger partial charge < -0.3 is 9.13 Å². The van der Waals surface area contributed by atoms with Gasteiger partial charge in [0, 0.05) is 55.4 Å². The number of benzene rings is 5. The third-order valence-electron chi connectivity index (χ3n) is 23.9. The Morgan fingerprint density at radius 3 is 1.99 bits per heavy atom. The van der Waals surface area contributed by atoms with Crippen molar-refractivity contribution < 1.29 is 0 Å². The van der Waals surface area contributed by atoms with Crippen LogP contribution in [0.2, 0.25) is 0 Å². The van der Waals surface area contributed by atoms with Crippen LogP contribution in [0.25, 0.3) is 77.8 Å². The molecule has 8 bridgehead atoms. The maximum atomic E-state index is 5.73. The molecule has 4 heterocycles. The van der Waals surface area contributed by atoms with Crippen LogP contribution in [0.5, 0.6) is 0 Å². The fraction of sp³-hybridized carbons (Fsp3) is 0.473. The number of hydrogen-bond acceptors (Lipinski definition) is 3. The van der Waals surface area contributed by atoms with E-state index in [1.165, 1.54) is 132 Å². The molecular weight excluding hydrogens is 959 g/mol. The highest BCUT2D eigenvalue weighted by atomic mass is 15.1. The van der Waals surface area contributed by atoms with E-state index in [1.54, 1.807) is 5.57 Å². The van der Waals surface area contributed by atoms with E-state index in [0.29, 0.717) is 22.6 Å². The van der Waals surface area contributed by atoms with Gasteiger partial charge in [-0.05, 0) is 171 Å². The molecule has 79 heavy (non-hydrogen) atoms. The second-order valence-electron chi connectivity index (χ2n) is 28.2. The number of nitrogens with zero attached hydrogens (tertiary/aromatic N) is 5. The van der Waals surface area contributed by atoms with E-state index in [1.807, 2.05) is 0 Å². The van der Waals surface area contributed by atoms with Gasteiger partial charge in [0.2, 0.25) is 0 Å². The van der Waals surface area contributed by atoms with Crippen LogP contribution in [0.3, 0.4) is 0 Å². The maximum absolute atomic E-state index is 5.73. The topological polar surface area (TPSA) is 48.5 Å². The van der Waals surface area contributed by atoms with E-state index in [2.05, 4.69) is 205 Å². The molecule has 4 saturated carbocycles. The molecule has 3 aromatic heterocycles.